The van der Waals surface area contributed by atoms with E-state index in [2.05, 4.69) is 16.0 Å². The predicted octanol–water partition coefficient (Wildman–Crippen LogP) is -0.153. The highest BCUT2D eigenvalue weighted by Gasteiger charge is 1.97. The lowest BCUT2D eigenvalue weighted by atomic mass is 10.1. The maximum Gasteiger partial charge on any atom is 0.233 e. The third kappa shape index (κ3) is 17.0. The molecule has 0 aliphatic carbocycles. The molecule has 0 aromatic carbocycles. The Hall–Kier alpha value is -1.18. The highest BCUT2D eigenvalue weighted by Crippen LogP contribution is 1.99. The van der Waals surface area contributed by atoms with E-state index in [9.17, 15) is 9.59 Å². The lowest BCUT2D eigenvalue weighted by Gasteiger charge is -2.06. The molecule has 0 heterocycles. The minimum absolute atomic E-state index is 0.0755. The predicted molar refractivity (Wildman–Crippen MR) is 93.9 cm³/mol. The number of carbonyl (C=O) groups is 2. The number of nitrogens with one attached hydrogen (secondary N) is 3. The van der Waals surface area contributed by atoms with Crippen LogP contribution in [0.2, 0.25) is 0 Å². The third-order valence-corrected chi connectivity index (χ3v) is 3.58. The van der Waals surface area contributed by atoms with Gasteiger partial charge in [-0.05, 0) is 38.8 Å². The first-order chi connectivity index (χ1) is 11.2. The van der Waals surface area contributed by atoms with Crippen LogP contribution in [0.25, 0.3) is 0 Å². The number of nitrogens with two attached hydrogens (primary N) is 2. The maximum absolute atomic E-state index is 10.9. The van der Waals surface area contributed by atoms with Crippen LogP contribution < -0.4 is 27.4 Å². The van der Waals surface area contributed by atoms with Crippen molar-refractivity contribution in [3.05, 3.63) is 0 Å². The van der Waals surface area contributed by atoms with Crippen molar-refractivity contribution < 1.29 is 9.59 Å². The summed E-state index contributed by atoms with van der Waals surface area (Å²) in [4.78, 5) is 21.8. The molecule has 0 atom stereocenters. The van der Waals surface area contributed by atoms with Crippen LogP contribution in [0.1, 0.15) is 51.4 Å². The summed E-state index contributed by atoms with van der Waals surface area (Å²) in [6, 6.07) is 0. The van der Waals surface area contributed by atoms with Gasteiger partial charge in [0.25, 0.3) is 0 Å². The van der Waals surface area contributed by atoms with Crippen LogP contribution in [0.15, 0.2) is 0 Å². The molecule has 2 amide bonds. The van der Waals surface area contributed by atoms with E-state index in [1.54, 1.807) is 0 Å². The molecule has 0 rings (SSSR count). The molecule has 7 nitrogen and oxygen atoms in total. The summed E-state index contributed by atoms with van der Waals surface area (Å²) in [5.41, 5.74) is 10.4. The van der Waals surface area contributed by atoms with E-state index in [0.717, 1.165) is 51.9 Å². The second-order valence-corrected chi connectivity index (χ2v) is 5.69. The summed E-state index contributed by atoms with van der Waals surface area (Å²) in [7, 11) is 0. The van der Waals surface area contributed by atoms with Gasteiger partial charge in [0.05, 0.1) is 13.1 Å². The summed E-state index contributed by atoms with van der Waals surface area (Å²) in [5.74, 6) is -0.151. The van der Waals surface area contributed by atoms with E-state index < -0.39 is 0 Å². The Labute approximate surface area is 140 Å². The van der Waals surface area contributed by atoms with Crippen LogP contribution in [-0.2, 0) is 9.59 Å². The van der Waals surface area contributed by atoms with E-state index in [1.807, 2.05) is 0 Å². The molecule has 7 heteroatoms. The number of amides is 2. The molecule has 0 aliphatic heterocycles. The van der Waals surface area contributed by atoms with Gasteiger partial charge in [-0.2, -0.15) is 0 Å². The van der Waals surface area contributed by atoms with Gasteiger partial charge in [-0.15, -0.1) is 0 Å². The quantitative estimate of drug-likeness (QED) is 0.252. The van der Waals surface area contributed by atoms with Gasteiger partial charge in [0.1, 0.15) is 0 Å². The summed E-state index contributed by atoms with van der Waals surface area (Å²) >= 11 is 0. The third-order valence-electron chi connectivity index (χ3n) is 3.58. The second kappa shape index (κ2) is 17.2. The van der Waals surface area contributed by atoms with E-state index in [-0.39, 0.29) is 24.9 Å². The van der Waals surface area contributed by atoms with Gasteiger partial charge in [-0.25, -0.2) is 0 Å². The van der Waals surface area contributed by atoms with Gasteiger partial charge in [-0.1, -0.05) is 25.7 Å². The lowest BCUT2D eigenvalue weighted by molar-refractivity contribution is -0.120. The minimum atomic E-state index is -0.0755. The molecule has 0 bridgehead atoms. The Bertz CT molecular complexity index is 272. The summed E-state index contributed by atoms with van der Waals surface area (Å²) < 4.78 is 0. The molecule has 0 saturated heterocycles. The Morgan fingerprint density at radius 2 is 0.913 bits per heavy atom. The first-order valence-electron chi connectivity index (χ1n) is 8.85. The zero-order valence-corrected chi connectivity index (χ0v) is 14.4. The number of carbonyl (C=O) groups excluding carboxylic acids is 2. The van der Waals surface area contributed by atoms with Gasteiger partial charge in [-0.3, -0.25) is 9.59 Å². The number of rotatable bonds is 16. The van der Waals surface area contributed by atoms with Gasteiger partial charge in [0.15, 0.2) is 0 Å². The van der Waals surface area contributed by atoms with Crippen LogP contribution in [0.4, 0.5) is 0 Å². The van der Waals surface area contributed by atoms with Crippen LogP contribution in [0.5, 0.6) is 0 Å². The van der Waals surface area contributed by atoms with Gasteiger partial charge in [0.2, 0.25) is 11.8 Å². The van der Waals surface area contributed by atoms with Crippen molar-refractivity contribution in [3.63, 3.8) is 0 Å². The Balaban J connectivity index is 3.05. The average molecular weight is 329 g/mol. The van der Waals surface area contributed by atoms with Crippen molar-refractivity contribution >= 4 is 11.8 Å². The van der Waals surface area contributed by atoms with Crippen molar-refractivity contribution in [1.82, 2.24) is 16.0 Å². The molecule has 136 valence electrons. The van der Waals surface area contributed by atoms with Crippen LogP contribution in [0.3, 0.4) is 0 Å². The van der Waals surface area contributed by atoms with Gasteiger partial charge < -0.3 is 27.4 Å². The fourth-order valence-corrected chi connectivity index (χ4v) is 2.18. The molecule has 0 saturated carbocycles. The Kier molecular flexibility index (Phi) is 16.3. The Morgan fingerprint density at radius 3 is 1.26 bits per heavy atom. The van der Waals surface area contributed by atoms with Crippen LogP contribution >= 0.6 is 0 Å². The van der Waals surface area contributed by atoms with Crippen molar-refractivity contribution in [2.45, 2.75) is 51.4 Å². The zero-order valence-electron chi connectivity index (χ0n) is 14.4. The monoisotopic (exact) mass is 329 g/mol. The molecule has 0 aromatic rings. The van der Waals surface area contributed by atoms with Crippen molar-refractivity contribution in [2.24, 2.45) is 11.5 Å². The highest BCUT2D eigenvalue weighted by molar-refractivity contribution is 5.77. The molecule has 0 unspecified atom stereocenters. The first-order valence-corrected chi connectivity index (χ1v) is 8.85. The highest BCUT2D eigenvalue weighted by atomic mass is 16.2. The molecule has 0 aromatic heterocycles. The molecule has 0 fully saturated rings. The standard InChI is InChI=1S/C16H35N5O2/c17-13-15(22)20-11-7-3-1-5-9-19-10-6-2-4-8-12-21-16(23)14-18/h19H,1-14,17-18H2,(H,20,22)(H,21,23). The Morgan fingerprint density at radius 1 is 0.565 bits per heavy atom. The summed E-state index contributed by atoms with van der Waals surface area (Å²) in [6.45, 7) is 3.73. The summed E-state index contributed by atoms with van der Waals surface area (Å²) in [6.07, 6.45) is 9.05. The second-order valence-electron chi connectivity index (χ2n) is 5.69. The fourth-order valence-electron chi connectivity index (χ4n) is 2.18. The van der Waals surface area contributed by atoms with E-state index in [4.69, 9.17) is 11.5 Å². The van der Waals surface area contributed by atoms with Gasteiger partial charge >= 0.3 is 0 Å². The molecule has 0 aliphatic rings. The topological polar surface area (TPSA) is 122 Å². The van der Waals surface area contributed by atoms with E-state index in [0.29, 0.717) is 0 Å². The minimum Gasteiger partial charge on any atom is -0.355 e. The number of hydrogen-bond acceptors (Lipinski definition) is 5. The zero-order chi connectivity index (χ0) is 17.2. The first kappa shape index (κ1) is 21.8. The van der Waals surface area contributed by atoms with E-state index in [1.165, 1.54) is 25.7 Å². The SMILES string of the molecule is NCC(=O)NCCCCCCNCCCCCCNC(=O)CN. The maximum atomic E-state index is 10.9. The van der Waals surface area contributed by atoms with Crippen molar-refractivity contribution in [3.8, 4) is 0 Å². The molecule has 0 radical (unpaired) electrons. The number of unbranched alkanes of at least 4 members (excludes halogenated alkanes) is 6. The van der Waals surface area contributed by atoms with Crippen molar-refractivity contribution in [1.29, 1.82) is 0 Å². The normalized spacial score (nSPS) is 10.5. The lowest BCUT2D eigenvalue weighted by Crippen LogP contribution is -2.30. The smallest absolute Gasteiger partial charge is 0.233 e. The van der Waals surface area contributed by atoms with Crippen LogP contribution in [0, 0.1) is 0 Å². The molecule has 7 N–H and O–H groups in total. The molecular weight excluding hydrogens is 294 g/mol. The molecule has 0 spiro atoms. The largest absolute Gasteiger partial charge is 0.355 e. The summed E-state index contributed by atoms with van der Waals surface area (Å²) in [5, 5.41) is 8.99. The van der Waals surface area contributed by atoms with Gasteiger partial charge in [0, 0.05) is 13.1 Å². The molecular formula is C16H35N5O2. The fraction of sp³-hybridized carbons (Fsp3) is 0.875. The molecule has 23 heavy (non-hydrogen) atoms. The average Bonchev–Trinajstić information content (AvgIpc) is 2.57. The van der Waals surface area contributed by atoms with E-state index >= 15 is 0 Å². The number of hydrogen-bond donors (Lipinski definition) is 5. The van der Waals surface area contributed by atoms with Crippen molar-refractivity contribution in [2.75, 3.05) is 39.3 Å². The van der Waals surface area contributed by atoms with Crippen LogP contribution in [-0.4, -0.2) is 51.1 Å².